The predicted octanol–water partition coefficient (Wildman–Crippen LogP) is 19.2. The van der Waals surface area contributed by atoms with Gasteiger partial charge < -0.3 is 30.6 Å². The van der Waals surface area contributed by atoms with Gasteiger partial charge in [-0.25, -0.2) is 0 Å². The normalized spacial score (nSPS) is 12.2. The van der Waals surface area contributed by atoms with Gasteiger partial charge in [-0.2, -0.15) is 0 Å². The van der Waals surface area contributed by atoms with E-state index in [2.05, 4.69) is 41.5 Å². The van der Waals surface area contributed by atoms with Crippen LogP contribution in [0.15, 0.2) is 0 Å². The van der Waals surface area contributed by atoms with Gasteiger partial charge >= 0.3 is 17.9 Å². The highest BCUT2D eigenvalue weighted by Gasteiger charge is 2.18. The van der Waals surface area contributed by atoms with Crippen LogP contribution in [0.1, 0.15) is 350 Å². The summed E-state index contributed by atoms with van der Waals surface area (Å²) in [6.45, 7) is 12.7. The average molecular weight is 1030 g/mol. The van der Waals surface area contributed by atoms with Gasteiger partial charge in [0.05, 0.1) is 31.0 Å². The second kappa shape index (κ2) is 67.3. The van der Waals surface area contributed by atoms with E-state index in [0.717, 1.165) is 77.0 Å². The number of unbranched alkanes of at least 4 members (excludes halogenated alkanes) is 36. The van der Waals surface area contributed by atoms with Crippen molar-refractivity contribution in [1.29, 1.82) is 0 Å². The maximum absolute atomic E-state index is 11.3. The molecule has 0 aromatic carbocycles. The minimum atomic E-state index is -0.954. The van der Waals surface area contributed by atoms with Crippen molar-refractivity contribution in [2.75, 3.05) is 13.2 Å². The molecule has 0 aromatic heterocycles. The van der Waals surface area contributed by atoms with Crippen LogP contribution in [-0.4, -0.2) is 67.9 Å². The number of hydrogen-bond acceptors (Lipinski definition) is 6. The molecule has 0 saturated carbocycles. The third-order valence-electron chi connectivity index (χ3n) is 14.4. The summed E-state index contributed by atoms with van der Waals surface area (Å²) in [4.78, 5) is 33.9. The molecule has 0 heterocycles. The lowest BCUT2D eigenvalue weighted by molar-refractivity contribution is -0.143. The van der Waals surface area contributed by atoms with Crippen LogP contribution in [-0.2, 0) is 14.4 Å². The number of rotatable bonds is 53. The van der Waals surface area contributed by atoms with E-state index >= 15 is 0 Å². The molecule has 6 N–H and O–H groups in total. The van der Waals surface area contributed by atoms with E-state index in [1.807, 2.05) is 0 Å². The first-order valence-corrected chi connectivity index (χ1v) is 31.5. The second-order valence-electron chi connectivity index (χ2n) is 21.6. The number of carboxylic acid groups (broad SMARTS) is 3. The maximum atomic E-state index is 11.3. The summed E-state index contributed by atoms with van der Waals surface area (Å²) in [6, 6.07) is 0. The van der Waals surface area contributed by atoms with Gasteiger partial charge in [0.15, 0.2) is 0 Å². The van der Waals surface area contributed by atoms with Gasteiger partial charge in [-0.15, -0.1) is 0 Å². The fourth-order valence-electron chi connectivity index (χ4n) is 9.32. The molecule has 0 aromatic rings. The molecular formula is C63H128O9. The summed E-state index contributed by atoms with van der Waals surface area (Å²) in [6.07, 6.45) is 57.8. The number of aliphatic carboxylic acids is 3. The van der Waals surface area contributed by atoms with Crippen LogP contribution in [0.5, 0.6) is 0 Å². The highest BCUT2D eigenvalue weighted by Crippen LogP contribution is 2.23. The Kier molecular flexibility index (Phi) is 71.8. The smallest absolute Gasteiger partial charge is 0.306 e. The van der Waals surface area contributed by atoms with Crippen molar-refractivity contribution in [1.82, 2.24) is 0 Å². The zero-order valence-electron chi connectivity index (χ0n) is 49.1. The molecule has 3 atom stereocenters. The van der Waals surface area contributed by atoms with E-state index in [0.29, 0.717) is 0 Å². The second-order valence-corrected chi connectivity index (χ2v) is 21.6. The van der Waals surface area contributed by atoms with Crippen molar-refractivity contribution < 1.29 is 45.0 Å². The minimum Gasteiger partial charge on any atom is -0.481 e. The molecule has 0 fully saturated rings. The average Bonchev–Trinajstić information content (AvgIpc) is 3.37. The topological polar surface area (TPSA) is 173 Å². The summed E-state index contributed by atoms with van der Waals surface area (Å²) in [5.41, 5.74) is 0. The van der Waals surface area contributed by atoms with E-state index in [-0.39, 0.29) is 31.0 Å². The third-order valence-corrected chi connectivity index (χ3v) is 14.4. The molecule has 0 amide bonds. The highest BCUT2D eigenvalue weighted by atomic mass is 16.4. The molecule has 0 aliphatic heterocycles. The molecule has 0 rings (SSSR count). The Balaban J connectivity index is -0.000000454. The summed E-state index contributed by atoms with van der Waals surface area (Å²) < 4.78 is 0. The van der Waals surface area contributed by atoms with E-state index < -0.39 is 24.0 Å². The van der Waals surface area contributed by atoms with Gasteiger partial charge in [0, 0.05) is 0 Å². The monoisotopic (exact) mass is 1030 g/mol. The lowest BCUT2D eigenvalue weighted by Gasteiger charge is -2.12. The fraction of sp³-hybridized carbons (Fsp3) is 0.952. The van der Waals surface area contributed by atoms with Crippen molar-refractivity contribution in [3.05, 3.63) is 0 Å². The molecule has 0 aliphatic carbocycles. The van der Waals surface area contributed by atoms with Crippen LogP contribution >= 0.6 is 0 Å². The van der Waals surface area contributed by atoms with E-state index in [1.165, 1.54) is 231 Å². The zero-order valence-corrected chi connectivity index (χ0v) is 49.1. The quantitative estimate of drug-likeness (QED) is 0.0324. The summed E-state index contributed by atoms with van der Waals surface area (Å²) in [5, 5.41) is 52.0. The SMILES string of the molecule is CCCCCCCCCCC(CCCCCCCC)C(=O)O.CCCCCCCCCCC(CCCCCCCC)C(=O)O.CCCCCCCCCCC(CCCCCCCC)C(=O)O.OCC(O)CO. The van der Waals surface area contributed by atoms with Crippen LogP contribution in [0, 0.1) is 17.8 Å². The summed E-state index contributed by atoms with van der Waals surface area (Å²) in [5.74, 6) is -1.99. The van der Waals surface area contributed by atoms with Crippen molar-refractivity contribution in [3.8, 4) is 0 Å². The molecule has 3 unspecified atom stereocenters. The number of hydrogen-bond donors (Lipinski definition) is 6. The number of carboxylic acids is 3. The summed E-state index contributed by atoms with van der Waals surface area (Å²) >= 11 is 0. The molecule has 72 heavy (non-hydrogen) atoms. The third kappa shape index (κ3) is 66.3. The number of carbonyl (C=O) groups is 3. The largest absolute Gasteiger partial charge is 0.481 e. The molecule has 0 radical (unpaired) electrons. The van der Waals surface area contributed by atoms with Crippen molar-refractivity contribution >= 4 is 17.9 Å². The van der Waals surface area contributed by atoms with Gasteiger partial charge in [0.2, 0.25) is 0 Å². The van der Waals surface area contributed by atoms with E-state index in [1.54, 1.807) is 0 Å². The Labute approximate surface area is 448 Å². The number of aliphatic hydroxyl groups excluding tert-OH is 3. The zero-order chi connectivity index (χ0) is 54.4. The van der Waals surface area contributed by atoms with Gasteiger partial charge in [0.1, 0.15) is 6.10 Å². The van der Waals surface area contributed by atoms with Gasteiger partial charge in [-0.05, 0) is 38.5 Å². The first kappa shape index (κ1) is 76.8. The fourth-order valence-corrected chi connectivity index (χ4v) is 9.32. The molecule has 9 heteroatoms. The molecule has 434 valence electrons. The van der Waals surface area contributed by atoms with Gasteiger partial charge in [-0.3, -0.25) is 14.4 Å². The Bertz CT molecular complexity index is 916. The minimum absolute atomic E-state index is 0.0914. The van der Waals surface area contributed by atoms with Crippen molar-refractivity contribution in [2.24, 2.45) is 17.8 Å². The Morgan fingerprint density at radius 1 is 0.250 bits per heavy atom. The summed E-state index contributed by atoms with van der Waals surface area (Å²) in [7, 11) is 0. The van der Waals surface area contributed by atoms with Crippen LogP contribution in [0.2, 0.25) is 0 Å². The van der Waals surface area contributed by atoms with Crippen molar-refractivity contribution in [2.45, 2.75) is 356 Å². The van der Waals surface area contributed by atoms with E-state index in [4.69, 9.17) is 15.3 Å². The molecule has 0 saturated heterocycles. The van der Waals surface area contributed by atoms with Gasteiger partial charge in [-0.1, -0.05) is 311 Å². The van der Waals surface area contributed by atoms with Crippen LogP contribution in [0.4, 0.5) is 0 Å². The van der Waals surface area contributed by atoms with Crippen molar-refractivity contribution in [3.63, 3.8) is 0 Å². The van der Waals surface area contributed by atoms with Gasteiger partial charge in [0.25, 0.3) is 0 Å². The lowest BCUT2D eigenvalue weighted by atomic mass is 9.94. The highest BCUT2D eigenvalue weighted by molar-refractivity contribution is 5.70. The standard InChI is InChI=1S/3C20H40O2.C3H8O3/c3*1-3-5-7-9-11-12-14-16-18-19(20(21)22)17-15-13-10-8-6-4-2;4-1-3(6)2-5/h3*19H,3-18H2,1-2H3,(H,21,22);3-6H,1-2H2. The molecular weight excluding hydrogens is 901 g/mol. The Morgan fingerprint density at radius 2 is 0.375 bits per heavy atom. The maximum Gasteiger partial charge on any atom is 0.306 e. The predicted molar refractivity (Wildman–Crippen MR) is 309 cm³/mol. The van der Waals surface area contributed by atoms with Crippen LogP contribution in [0.3, 0.4) is 0 Å². The molecule has 9 nitrogen and oxygen atoms in total. The first-order chi connectivity index (χ1) is 35.0. The Hall–Kier alpha value is -1.71. The number of aliphatic hydroxyl groups is 3. The molecule has 0 bridgehead atoms. The molecule has 0 spiro atoms. The Morgan fingerprint density at radius 3 is 0.472 bits per heavy atom. The van der Waals surface area contributed by atoms with E-state index in [9.17, 15) is 29.7 Å². The van der Waals surface area contributed by atoms with Crippen LogP contribution < -0.4 is 0 Å². The molecule has 0 aliphatic rings. The van der Waals surface area contributed by atoms with Crippen LogP contribution in [0.25, 0.3) is 0 Å². The first-order valence-electron chi connectivity index (χ1n) is 31.5. The lowest BCUT2D eigenvalue weighted by Crippen LogP contribution is -2.15.